The Balaban J connectivity index is 1.48. The SMILES string of the molecule is O=C(N[C@H]1CCN2CCCC[C@@H]12)c1cccnc1Oc1ccc(Br)cc1. The van der Waals surface area contributed by atoms with Gasteiger partial charge in [-0.3, -0.25) is 9.69 Å². The number of nitrogens with one attached hydrogen (secondary N) is 1. The van der Waals surface area contributed by atoms with E-state index < -0.39 is 0 Å². The molecule has 136 valence electrons. The second-order valence-electron chi connectivity index (χ2n) is 6.88. The lowest BCUT2D eigenvalue weighted by molar-refractivity contribution is 0.0912. The number of ether oxygens (including phenoxy) is 1. The molecule has 26 heavy (non-hydrogen) atoms. The van der Waals surface area contributed by atoms with Crippen LogP contribution in [0.15, 0.2) is 47.1 Å². The third kappa shape index (κ3) is 3.76. The van der Waals surface area contributed by atoms with Crippen LogP contribution in [0.3, 0.4) is 0 Å². The molecule has 2 aliphatic heterocycles. The summed E-state index contributed by atoms with van der Waals surface area (Å²) >= 11 is 3.41. The van der Waals surface area contributed by atoms with Crippen molar-refractivity contribution in [1.29, 1.82) is 0 Å². The van der Waals surface area contributed by atoms with Crippen LogP contribution >= 0.6 is 15.9 Å². The van der Waals surface area contributed by atoms with Crippen molar-refractivity contribution in [2.75, 3.05) is 13.1 Å². The molecule has 0 saturated carbocycles. The molecule has 2 fully saturated rings. The molecular formula is C20H22BrN3O2. The number of hydrogen-bond acceptors (Lipinski definition) is 4. The van der Waals surface area contributed by atoms with Gasteiger partial charge in [-0.1, -0.05) is 22.4 Å². The Kier molecular flexibility index (Phi) is 5.22. The molecule has 5 nitrogen and oxygen atoms in total. The summed E-state index contributed by atoms with van der Waals surface area (Å²) in [7, 11) is 0. The molecule has 2 saturated heterocycles. The molecule has 0 radical (unpaired) electrons. The monoisotopic (exact) mass is 415 g/mol. The van der Waals surface area contributed by atoms with E-state index in [1.807, 2.05) is 24.3 Å². The second kappa shape index (κ2) is 7.76. The van der Waals surface area contributed by atoms with Gasteiger partial charge in [0.2, 0.25) is 5.88 Å². The zero-order chi connectivity index (χ0) is 17.9. The van der Waals surface area contributed by atoms with Gasteiger partial charge in [0.05, 0.1) is 0 Å². The fourth-order valence-electron chi connectivity index (χ4n) is 3.92. The first kappa shape index (κ1) is 17.5. The van der Waals surface area contributed by atoms with Crippen molar-refractivity contribution in [1.82, 2.24) is 15.2 Å². The normalized spacial score (nSPS) is 22.7. The van der Waals surface area contributed by atoms with Crippen molar-refractivity contribution in [3.05, 3.63) is 52.6 Å². The molecule has 0 bridgehead atoms. The summed E-state index contributed by atoms with van der Waals surface area (Å²) in [4.78, 5) is 19.7. The summed E-state index contributed by atoms with van der Waals surface area (Å²) in [5, 5.41) is 3.22. The van der Waals surface area contributed by atoms with Gasteiger partial charge in [-0.25, -0.2) is 4.98 Å². The van der Waals surface area contributed by atoms with Gasteiger partial charge in [0, 0.05) is 29.3 Å². The first-order chi connectivity index (χ1) is 12.7. The number of hydrogen-bond donors (Lipinski definition) is 1. The largest absolute Gasteiger partial charge is 0.438 e. The fourth-order valence-corrected chi connectivity index (χ4v) is 4.19. The van der Waals surface area contributed by atoms with Crippen LogP contribution < -0.4 is 10.1 Å². The molecule has 4 rings (SSSR count). The molecule has 6 heteroatoms. The Morgan fingerprint density at radius 1 is 1.15 bits per heavy atom. The number of amides is 1. The number of carbonyl (C=O) groups is 1. The maximum atomic E-state index is 12.9. The van der Waals surface area contributed by atoms with Crippen molar-refractivity contribution in [3.63, 3.8) is 0 Å². The first-order valence-corrected chi connectivity index (χ1v) is 9.93. The average Bonchev–Trinajstić information content (AvgIpc) is 3.07. The predicted octanol–water partition coefficient (Wildman–Crippen LogP) is 3.99. The standard InChI is InChI=1S/C20H22BrN3O2/c21-14-6-8-15(9-7-14)26-20-16(4-3-11-22-20)19(25)23-17-10-13-24-12-2-1-5-18(17)24/h3-4,6-9,11,17-18H,1-2,5,10,12-13H2,(H,23,25)/t17-,18-/m0/s1. The van der Waals surface area contributed by atoms with E-state index in [0.29, 0.717) is 23.2 Å². The second-order valence-corrected chi connectivity index (χ2v) is 7.80. The summed E-state index contributed by atoms with van der Waals surface area (Å²) < 4.78 is 6.83. The van der Waals surface area contributed by atoms with Crippen LogP contribution in [0.5, 0.6) is 11.6 Å². The number of rotatable bonds is 4. The van der Waals surface area contributed by atoms with Crippen LogP contribution in [0.25, 0.3) is 0 Å². The Labute approximate surface area is 161 Å². The van der Waals surface area contributed by atoms with Crippen LogP contribution in [0.4, 0.5) is 0 Å². The number of nitrogens with zero attached hydrogens (tertiary/aromatic N) is 2. The topological polar surface area (TPSA) is 54.5 Å². The molecular weight excluding hydrogens is 394 g/mol. The number of fused-ring (bicyclic) bond motifs is 1. The average molecular weight is 416 g/mol. The zero-order valence-corrected chi connectivity index (χ0v) is 16.1. The summed E-state index contributed by atoms with van der Waals surface area (Å²) in [5.74, 6) is 0.883. The van der Waals surface area contributed by atoms with Gasteiger partial charge < -0.3 is 10.1 Å². The van der Waals surface area contributed by atoms with Crippen LogP contribution in [0, 0.1) is 0 Å². The lowest BCUT2D eigenvalue weighted by Crippen LogP contribution is -2.46. The third-order valence-electron chi connectivity index (χ3n) is 5.22. The molecule has 0 unspecified atom stereocenters. The molecule has 1 aromatic carbocycles. The van der Waals surface area contributed by atoms with E-state index in [9.17, 15) is 4.79 Å². The minimum Gasteiger partial charge on any atom is -0.438 e. The third-order valence-corrected chi connectivity index (χ3v) is 5.75. The maximum Gasteiger partial charge on any atom is 0.257 e. The first-order valence-electron chi connectivity index (χ1n) is 9.14. The number of benzene rings is 1. The highest BCUT2D eigenvalue weighted by atomic mass is 79.9. The summed E-state index contributed by atoms with van der Waals surface area (Å²) in [6.07, 6.45) is 6.34. The van der Waals surface area contributed by atoms with Crippen molar-refractivity contribution in [3.8, 4) is 11.6 Å². The maximum absolute atomic E-state index is 12.9. The van der Waals surface area contributed by atoms with Crippen molar-refractivity contribution in [2.45, 2.75) is 37.8 Å². The molecule has 1 aromatic heterocycles. The Bertz CT molecular complexity index is 781. The van der Waals surface area contributed by atoms with Gasteiger partial charge in [0.1, 0.15) is 11.3 Å². The van der Waals surface area contributed by atoms with Gasteiger partial charge in [-0.05, 0) is 62.2 Å². The highest BCUT2D eigenvalue weighted by Crippen LogP contribution is 2.28. The number of pyridine rings is 1. The van der Waals surface area contributed by atoms with Crippen LogP contribution in [0.2, 0.25) is 0 Å². The number of piperidine rings is 1. The van der Waals surface area contributed by atoms with Gasteiger partial charge in [0.25, 0.3) is 5.91 Å². The molecule has 0 spiro atoms. The minimum atomic E-state index is -0.109. The Hall–Kier alpha value is -1.92. The quantitative estimate of drug-likeness (QED) is 0.819. The number of aromatic nitrogens is 1. The number of halogens is 1. The zero-order valence-electron chi connectivity index (χ0n) is 14.5. The minimum absolute atomic E-state index is 0.109. The van der Waals surface area contributed by atoms with Crippen LogP contribution in [-0.4, -0.2) is 41.0 Å². The van der Waals surface area contributed by atoms with Gasteiger partial charge in [0.15, 0.2) is 0 Å². The van der Waals surface area contributed by atoms with Gasteiger partial charge >= 0.3 is 0 Å². The molecule has 0 aliphatic carbocycles. The molecule has 2 aromatic rings. The van der Waals surface area contributed by atoms with Gasteiger partial charge in [-0.15, -0.1) is 0 Å². The van der Waals surface area contributed by atoms with E-state index in [2.05, 4.69) is 31.1 Å². The van der Waals surface area contributed by atoms with Crippen LogP contribution in [0.1, 0.15) is 36.0 Å². The summed E-state index contributed by atoms with van der Waals surface area (Å²) in [6, 6.07) is 11.7. The molecule has 1 amide bonds. The highest BCUT2D eigenvalue weighted by molar-refractivity contribution is 9.10. The summed E-state index contributed by atoms with van der Waals surface area (Å²) in [6.45, 7) is 2.23. The van der Waals surface area contributed by atoms with Gasteiger partial charge in [-0.2, -0.15) is 0 Å². The molecule has 2 atom stereocenters. The molecule has 2 aliphatic rings. The summed E-state index contributed by atoms with van der Waals surface area (Å²) in [5.41, 5.74) is 0.477. The smallest absolute Gasteiger partial charge is 0.257 e. The van der Waals surface area contributed by atoms with E-state index >= 15 is 0 Å². The van der Waals surface area contributed by atoms with E-state index in [0.717, 1.165) is 24.0 Å². The van der Waals surface area contributed by atoms with Crippen molar-refractivity contribution >= 4 is 21.8 Å². The molecule has 3 heterocycles. The lowest BCUT2D eigenvalue weighted by atomic mass is 9.99. The van der Waals surface area contributed by atoms with E-state index in [1.165, 1.54) is 19.3 Å². The Morgan fingerprint density at radius 2 is 2.00 bits per heavy atom. The number of carbonyl (C=O) groups excluding carboxylic acids is 1. The van der Waals surface area contributed by atoms with Crippen molar-refractivity contribution < 1.29 is 9.53 Å². The molecule has 1 N–H and O–H groups in total. The van der Waals surface area contributed by atoms with E-state index in [4.69, 9.17) is 4.74 Å². The predicted molar refractivity (Wildman–Crippen MR) is 104 cm³/mol. The fraction of sp³-hybridized carbons (Fsp3) is 0.400. The highest BCUT2D eigenvalue weighted by Gasteiger charge is 2.36. The van der Waals surface area contributed by atoms with Crippen molar-refractivity contribution in [2.24, 2.45) is 0 Å². The Morgan fingerprint density at radius 3 is 2.85 bits per heavy atom. The van der Waals surface area contributed by atoms with Crippen LogP contribution in [-0.2, 0) is 0 Å². The van der Waals surface area contributed by atoms with E-state index in [-0.39, 0.29) is 11.9 Å². The van der Waals surface area contributed by atoms with E-state index in [1.54, 1.807) is 18.3 Å². The lowest BCUT2D eigenvalue weighted by Gasteiger charge is -2.32.